The molecule has 0 aromatic heterocycles. The van der Waals surface area contributed by atoms with Crippen LogP contribution in [0.4, 0.5) is 26.3 Å². The number of rotatable bonds is 3. The maximum Gasteiger partial charge on any atom is 0.412 e. The van der Waals surface area contributed by atoms with Crippen LogP contribution in [0.25, 0.3) is 0 Å². The first-order valence-corrected chi connectivity index (χ1v) is 7.05. The van der Waals surface area contributed by atoms with Gasteiger partial charge in [-0.1, -0.05) is 42.0 Å². The highest BCUT2D eigenvalue weighted by Gasteiger charge is 2.38. The van der Waals surface area contributed by atoms with Crippen LogP contribution in [0.3, 0.4) is 0 Å². The molecule has 0 N–H and O–H groups in total. The van der Waals surface area contributed by atoms with Gasteiger partial charge in [-0.3, -0.25) is 0 Å². The van der Waals surface area contributed by atoms with Gasteiger partial charge in [0.15, 0.2) is 0 Å². The predicted molar refractivity (Wildman–Crippen MR) is 72.0 cm³/mol. The average Bonchev–Trinajstić information content (AvgIpc) is 2.44. The lowest BCUT2D eigenvalue weighted by Crippen LogP contribution is -2.22. The third-order valence-electron chi connectivity index (χ3n) is 3.89. The Labute approximate surface area is 124 Å². The van der Waals surface area contributed by atoms with E-state index < -0.39 is 23.8 Å². The Kier molecular flexibility index (Phi) is 4.87. The second-order valence-electron chi connectivity index (χ2n) is 5.61. The highest BCUT2D eigenvalue weighted by Crippen LogP contribution is 2.37. The molecule has 0 saturated carbocycles. The molecule has 0 bridgehead atoms. The van der Waals surface area contributed by atoms with Crippen LogP contribution < -0.4 is 0 Å². The topological polar surface area (TPSA) is 0 Å². The quantitative estimate of drug-likeness (QED) is 0.568. The zero-order chi connectivity index (χ0) is 16.4. The van der Waals surface area contributed by atoms with Gasteiger partial charge in [0.2, 0.25) is 0 Å². The van der Waals surface area contributed by atoms with Crippen molar-refractivity contribution in [3.63, 3.8) is 0 Å². The molecule has 0 saturated heterocycles. The number of hydrogen-bond donors (Lipinski definition) is 0. The molecular formula is C16H16F6. The van der Waals surface area contributed by atoms with Crippen LogP contribution in [-0.4, -0.2) is 12.4 Å². The summed E-state index contributed by atoms with van der Waals surface area (Å²) in [6.45, 7) is 0. The lowest BCUT2D eigenvalue weighted by atomic mass is 9.87. The Morgan fingerprint density at radius 1 is 1.09 bits per heavy atom. The van der Waals surface area contributed by atoms with E-state index in [-0.39, 0.29) is 18.8 Å². The van der Waals surface area contributed by atoms with Gasteiger partial charge in [0.25, 0.3) is 0 Å². The maximum absolute atomic E-state index is 12.7. The largest absolute Gasteiger partial charge is 0.412 e. The molecule has 0 heterocycles. The van der Waals surface area contributed by atoms with Gasteiger partial charge in [0.05, 0.1) is 5.92 Å². The summed E-state index contributed by atoms with van der Waals surface area (Å²) in [5, 5.41) is 0. The smallest absolute Gasteiger partial charge is 0.170 e. The summed E-state index contributed by atoms with van der Waals surface area (Å²) in [4.78, 5) is 0. The van der Waals surface area contributed by atoms with Crippen molar-refractivity contribution >= 4 is 0 Å². The van der Waals surface area contributed by atoms with Crippen LogP contribution in [0.5, 0.6) is 0 Å². The molecule has 0 amide bonds. The average molecular weight is 322 g/mol. The van der Waals surface area contributed by atoms with Gasteiger partial charge in [-0.15, -0.1) is 0 Å². The minimum absolute atomic E-state index is 0.0721. The second-order valence-corrected chi connectivity index (χ2v) is 5.61. The highest BCUT2D eigenvalue weighted by atomic mass is 19.4. The van der Waals surface area contributed by atoms with Gasteiger partial charge < -0.3 is 0 Å². The first-order valence-electron chi connectivity index (χ1n) is 7.05. The Balaban J connectivity index is 1.92. The van der Waals surface area contributed by atoms with Crippen molar-refractivity contribution in [1.29, 1.82) is 0 Å². The monoisotopic (exact) mass is 322 g/mol. The molecule has 22 heavy (non-hydrogen) atoms. The van der Waals surface area contributed by atoms with E-state index in [1.54, 1.807) is 12.2 Å². The van der Waals surface area contributed by atoms with Crippen LogP contribution in [-0.2, 0) is 0 Å². The third-order valence-corrected chi connectivity index (χ3v) is 3.89. The number of hydrogen-bond acceptors (Lipinski definition) is 0. The minimum atomic E-state index is -4.34. The molecule has 2 aliphatic carbocycles. The van der Waals surface area contributed by atoms with E-state index in [2.05, 4.69) is 0 Å². The Morgan fingerprint density at radius 2 is 1.82 bits per heavy atom. The number of allylic oxidation sites excluding steroid dienone is 8. The van der Waals surface area contributed by atoms with Crippen molar-refractivity contribution in [1.82, 2.24) is 0 Å². The van der Waals surface area contributed by atoms with Crippen LogP contribution >= 0.6 is 0 Å². The molecule has 0 fully saturated rings. The molecule has 2 aliphatic rings. The first-order chi connectivity index (χ1) is 10.2. The van der Waals surface area contributed by atoms with Crippen LogP contribution in [0.2, 0.25) is 0 Å². The zero-order valence-corrected chi connectivity index (χ0v) is 11.7. The van der Waals surface area contributed by atoms with Crippen molar-refractivity contribution in [2.75, 3.05) is 0 Å². The van der Waals surface area contributed by atoms with Crippen molar-refractivity contribution in [2.24, 2.45) is 11.8 Å². The van der Waals surface area contributed by atoms with E-state index in [0.29, 0.717) is 18.4 Å². The summed E-state index contributed by atoms with van der Waals surface area (Å²) in [5.41, 5.74) is -0.0357. The molecule has 0 aromatic rings. The number of alkyl halides is 6. The summed E-state index contributed by atoms with van der Waals surface area (Å²) in [5.74, 6) is -1.78. The second kappa shape index (κ2) is 6.34. The van der Waals surface area contributed by atoms with Gasteiger partial charge in [0.1, 0.15) is 0 Å². The van der Waals surface area contributed by atoms with Gasteiger partial charge >= 0.3 is 12.4 Å². The molecule has 0 aromatic carbocycles. The third kappa shape index (κ3) is 4.52. The number of halogens is 6. The molecule has 2 unspecified atom stereocenters. The normalized spacial score (nSPS) is 25.9. The molecular weight excluding hydrogens is 306 g/mol. The molecule has 0 spiro atoms. The SMILES string of the molecule is FC(F)(F)C1=CC=CC(CCC2=CC(C(F)(F)F)CC=C2)C1. The summed E-state index contributed by atoms with van der Waals surface area (Å²) in [6.07, 6.45) is 0.375. The zero-order valence-electron chi connectivity index (χ0n) is 11.7. The lowest BCUT2D eigenvalue weighted by Gasteiger charge is -2.22. The molecule has 0 aliphatic heterocycles. The fraction of sp³-hybridized carbons (Fsp3) is 0.500. The molecule has 2 rings (SSSR count). The highest BCUT2D eigenvalue weighted by molar-refractivity contribution is 5.26. The van der Waals surface area contributed by atoms with E-state index in [0.717, 1.165) is 6.08 Å². The Hall–Kier alpha value is -1.46. The van der Waals surface area contributed by atoms with E-state index in [1.165, 1.54) is 18.2 Å². The molecule has 6 heteroatoms. The van der Waals surface area contributed by atoms with E-state index in [9.17, 15) is 26.3 Å². The van der Waals surface area contributed by atoms with E-state index in [1.807, 2.05) is 0 Å². The van der Waals surface area contributed by atoms with Crippen molar-refractivity contribution < 1.29 is 26.3 Å². The minimum Gasteiger partial charge on any atom is -0.170 e. The van der Waals surface area contributed by atoms with Crippen molar-refractivity contribution in [2.45, 2.75) is 38.0 Å². The molecule has 2 atom stereocenters. The van der Waals surface area contributed by atoms with Crippen LogP contribution in [0.1, 0.15) is 25.7 Å². The maximum atomic E-state index is 12.7. The first kappa shape index (κ1) is 16.9. The van der Waals surface area contributed by atoms with Gasteiger partial charge in [0, 0.05) is 5.57 Å². The van der Waals surface area contributed by atoms with Gasteiger partial charge in [-0.25, -0.2) is 0 Å². The standard InChI is InChI=1S/C16H16F6/c17-15(18,19)13-5-1-3-11(9-13)7-8-12-4-2-6-14(10-12)16(20,21)22/h1-5,10-11,14H,6-9H2. The van der Waals surface area contributed by atoms with Crippen LogP contribution in [0.15, 0.2) is 47.6 Å². The summed E-state index contributed by atoms with van der Waals surface area (Å²) >= 11 is 0. The predicted octanol–water partition coefficient (Wildman–Crippen LogP) is 5.90. The van der Waals surface area contributed by atoms with Gasteiger partial charge in [-0.05, 0) is 31.6 Å². The molecule has 0 nitrogen and oxygen atoms in total. The Morgan fingerprint density at radius 3 is 2.45 bits per heavy atom. The summed E-state index contributed by atoms with van der Waals surface area (Å²) in [6, 6.07) is 0. The van der Waals surface area contributed by atoms with E-state index >= 15 is 0 Å². The fourth-order valence-corrected chi connectivity index (χ4v) is 2.65. The molecule has 0 radical (unpaired) electrons. The summed E-state index contributed by atoms with van der Waals surface area (Å²) < 4.78 is 75.9. The molecule has 122 valence electrons. The summed E-state index contributed by atoms with van der Waals surface area (Å²) in [7, 11) is 0. The van der Waals surface area contributed by atoms with E-state index in [4.69, 9.17) is 0 Å². The van der Waals surface area contributed by atoms with Crippen LogP contribution in [0, 0.1) is 11.8 Å². The van der Waals surface area contributed by atoms with Crippen molar-refractivity contribution in [3.05, 3.63) is 47.6 Å². The fourth-order valence-electron chi connectivity index (χ4n) is 2.65. The Bertz CT molecular complexity index is 516. The van der Waals surface area contributed by atoms with Crippen molar-refractivity contribution in [3.8, 4) is 0 Å². The van der Waals surface area contributed by atoms with Gasteiger partial charge in [-0.2, -0.15) is 26.3 Å². The lowest BCUT2D eigenvalue weighted by molar-refractivity contribution is -0.160.